The first kappa shape index (κ1) is 23.1. The lowest BCUT2D eigenvalue weighted by molar-refractivity contribution is 0.0603. The summed E-state index contributed by atoms with van der Waals surface area (Å²) in [5.41, 5.74) is 4.69. The van der Waals surface area contributed by atoms with Crippen LogP contribution in [0.1, 0.15) is 36.8 Å². The zero-order chi connectivity index (χ0) is 23.7. The second kappa shape index (κ2) is 9.44. The molecule has 4 rings (SSSR count). The first-order chi connectivity index (χ1) is 15.8. The maximum atomic E-state index is 13.9. The monoisotopic (exact) mass is 474 g/mol. The molecule has 7 nitrogen and oxygen atoms in total. The highest BCUT2D eigenvalue weighted by atomic mass is 35.5. The van der Waals surface area contributed by atoms with Gasteiger partial charge in [0.15, 0.2) is 17.3 Å². The Bertz CT molecular complexity index is 1160. The van der Waals surface area contributed by atoms with Crippen molar-refractivity contribution in [3.8, 4) is 11.4 Å². The summed E-state index contributed by atoms with van der Waals surface area (Å²) in [6.07, 6.45) is 1.57. The number of rotatable bonds is 5. The highest BCUT2D eigenvalue weighted by Crippen LogP contribution is 2.30. The molecule has 0 spiro atoms. The number of nitrogens with one attached hydrogen (secondary N) is 2. The van der Waals surface area contributed by atoms with Gasteiger partial charge in [-0.05, 0) is 42.7 Å². The minimum atomic E-state index is -0.935. The zero-order valence-corrected chi connectivity index (χ0v) is 19.3. The molecular formula is C23H25ClF2N6O. The predicted molar refractivity (Wildman–Crippen MR) is 123 cm³/mol. The Hall–Kier alpha value is -3.04. The molecule has 174 valence electrons. The Morgan fingerprint density at radius 1 is 1.21 bits per heavy atom. The summed E-state index contributed by atoms with van der Waals surface area (Å²) in [7, 11) is 0. The number of hydrogen-bond acceptors (Lipinski definition) is 5. The molecule has 1 aromatic carbocycles. The topological polar surface area (TPSA) is 75.1 Å². The number of pyridine rings is 1. The largest absolute Gasteiger partial charge is 0.368 e. The van der Waals surface area contributed by atoms with Crippen molar-refractivity contribution in [1.29, 1.82) is 0 Å². The molecule has 0 bridgehead atoms. The standard InChI is InChI=1S/C23H25ClF2N6O/c1-4-32-23(33)20-22(28-11-18(30-32)13(2)3)31(12-14-5-7-16(25)17(26)9-14)21(29-20)15-6-8-19(24)27-10-15/h5-10,13,18,28,30H,4,11-12H2,1-3H3/t18-/m0/s1. The van der Waals surface area contributed by atoms with Crippen molar-refractivity contribution >= 4 is 23.3 Å². The number of fused-ring (bicyclic) bond motifs is 1. The number of benzene rings is 1. The smallest absolute Gasteiger partial charge is 0.290 e. The summed E-state index contributed by atoms with van der Waals surface area (Å²) in [6.45, 7) is 7.20. The van der Waals surface area contributed by atoms with Gasteiger partial charge in [-0.15, -0.1) is 0 Å². The van der Waals surface area contributed by atoms with E-state index in [0.717, 1.165) is 12.1 Å². The molecule has 0 saturated heterocycles. The minimum Gasteiger partial charge on any atom is -0.368 e. The van der Waals surface area contributed by atoms with Gasteiger partial charge in [0.25, 0.3) is 5.91 Å². The average Bonchev–Trinajstić information content (AvgIpc) is 3.13. The van der Waals surface area contributed by atoms with Crippen LogP contribution >= 0.6 is 11.6 Å². The number of nitrogens with zero attached hydrogens (tertiary/aromatic N) is 4. The number of aromatic nitrogens is 3. The fourth-order valence-electron chi connectivity index (χ4n) is 3.74. The van der Waals surface area contributed by atoms with Crippen molar-refractivity contribution < 1.29 is 13.6 Å². The number of hydrogen-bond donors (Lipinski definition) is 2. The SMILES string of the molecule is CCN1N[C@H](C(C)C)CNc2c(nc(-c3ccc(Cl)nc3)n2Cc2ccc(F)c(F)c2)C1=O. The van der Waals surface area contributed by atoms with Crippen LogP contribution in [0.5, 0.6) is 0 Å². The van der Waals surface area contributed by atoms with E-state index in [9.17, 15) is 13.6 Å². The maximum absolute atomic E-state index is 13.9. The number of amides is 1. The molecule has 1 atom stereocenters. The molecule has 33 heavy (non-hydrogen) atoms. The molecule has 0 saturated carbocycles. The minimum absolute atomic E-state index is 0.00526. The summed E-state index contributed by atoms with van der Waals surface area (Å²) in [6, 6.07) is 7.13. The van der Waals surface area contributed by atoms with Crippen molar-refractivity contribution in [2.24, 2.45) is 5.92 Å². The van der Waals surface area contributed by atoms with Gasteiger partial charge in [-0.1, -0.05) is 31.5 Å². The van der Waals surface area contributed by atoms with Crippen molar-refractivity contribution in [2.75, 3.05) is 18.4 Å². The number of imidazole rings is 1. The van der Waals surface area contributed by atoms with Crippen LogP contribution in [0.15, 0.2) is 36.5 Å². The van der Waals surface area contributed by atoms with Crippen LogP contribution in [-0.4, -0.2) is 44.6 Å². The molecule has 0 unspecified atom stereocenters. The van der Waals surface area contributed by atoms with E-state index in [4.69, 9.17) is 11.6 Å². The molecule has 3 aromatic rings. The van der Waals surface area contributed by atoms with E-state index in [1.54, 1.807) is 27.9 Å². The summed E-state index contributed by atoms with van der Waals surface area (Å²) in [4.78, 5) is 22.2. The van der Waals surface area contributed by atoms with Crippen LogP contribution in [-0.2, 0) is 6.54 Å². The van der Waals surface area contributed by atoms with Gasteiger partial charge in [0, 0.05) is 30.9 Å². The van der Waals surface area contributed by atoms with E-state index < -0.39 is 11.6 Å². The van der Waals surface area contributed by atoms with E-state index in [-0.39, 0.29) is 30.1 Å². The molecule has 1 aliphatic heterocycles. The predicted octanol–water partition coefficient (Wildman–Crippen LogP) is 4.34. The van der Waals surface area contributed by atoms with E-state index in [2.05, 4.69) is 34.6 Å². The van der Waals surface area contributed by atoms with E-state index >= 15 is 0 Å². The first-order valence-corrected chi connectivity index (χ1v) is 11.1. The second-order valence-electron chi connectivity index (χ2n) is 8.25. The number of carbonyl (C=O) groups excluding carboxylic acids is 1. The summed E-state index contributed by atoms with van der Waals surface area (Å²) < 4.78 is 29.2. The molecule has 2 N–H and O–H groups in total. The van der Waals surface area contributed by atoms with Crippen LogP contribution in [0.4, 0.5) is 14.6 Å². The third kappa shape index (κ3) is 4.69. The second-order valence-corrected chi connectivity index (χ2v) is 8.63. The van der Waals surface area contributed by atoms with Gasteiger partial charge in [-0.3, -0.25) is 9.80 Å². The van der Waals surface area contributed by atoms with Crippen LogP contribution in [0.2, 0.25) is 5.15 Å². The van der Waals surface area contributed by atoms with Gasteiger partial charge in [0.2, 0.25) is 0 Å². The first-order valence-electron chi connectivity index (χ1n) is 10.8. The van der Waals surface area contributed by atoms with Gasteiger partial charge in [0.1, 0.15) is 16.8 Å². The molecule has 0 radical (unpaired) electrons. The average molecular weight is 475 g/mol. The normalized spacial score (nSPS) is 16.4. The lowest BCUT2D eigenvalue weighted by Gasteiger charge is -2.33. The Morgan fingerprint density at radius 2 is 2.00 bits per heavy atom. The van der Waals surface area contributed by atoms with E-state index in [1.807, 2.05) is 6.92 Å². The summed E-state index contributed by atoms with van der Waals surface area (Å²) in [5, 5.41) is 5.25. The molecular weight excluding hydrogens is 450 g/mol. The van der Waals surface area contributed by atoms with Crippen LogP contribution in [0.25, 0.3) is 11.4 Å². The molecule has 3 heterocycles. The van der Waals surface area contributed by atoms with Gasteiger partial charge < -0.3 is 9.88 Å². The summed E-state index contributed by atoms with van der Waals surface area (Å²) >= 11 is 5.95. The third-order valence-electron chi connectivity index (χ3n) is 5.66. The van der Waals surface area contributed by atoms with Crippen molar-refractivity contribution in [3.63, 3.8) is 0 Å². The van der Waals surface area contributed by atoms with Crippen molar-refractivity contribution in [3.05, 3.63) is 64.6 Å². The highest BCUT2D eigenvalue weighted by Gasteiger charge is 2.31. The maximum Gasteiger partial charge on any atom is 0.290 e. The van der Waals surface area contributed by atoms with Crippen molar-refractivity contribution in [2.45, 2.75) is 33.4 Å². The van der Waals surface area contributed by atoms with Gasteiger partial charge in [-0.25, -0.2) is 24.2 Å². The Morgan fingerprint density at radius 3 is 2.64 bits per heavy atom. The van der Waals surface area contributed by atoms with Crippen LogP contribution < -0.4 is 10.7 Å². The quantitative estimate of drug-likeness (QED) is 0.538. The highest BCUT2D eigenvalue weighted by molar-refractivity contribution is 6.29. The molecule has 0 fully saturated rings. The fourth-order valence-corrected chi connectivity index (χ4v) is 3.85. The Labute approximate surface area is 195 Å². The van der Waals surface area contributed by atoms with Crippen LogP contribution in [0.3, 0.4) is 0 Å². The van der Waals surface area contributed by atoms with Crippen molar-refractivity contribution in [1.82, 2.24) is 25.0 Å². The molecule has 10 heteroatoms. The summed E-state index contributed by atoms with van der Waals surface area (Å²) in [5.74, 6) is -0.898. The lowest BCUT2D eigenvalue weighted by atomic mass is 10.0. The molecule has 1 amide bonds. The van der Waals surface area contributed by atoms with E-state index in [1.165, 1.54) is 6.07 Å². The van der Waals surface area contributed by atoms with E-state index in [0.29, 0.717) is 41.0 Å². The molecule has 0 aliphatic carbocycles. The number of hydrazine groups is 1. The number of carbonyl (C=O) groups is 1. The van der Waals surface area contributed by atoms with Crippen LogP contribution in [0, 0.1) is 17.6 Å². The number of anilines is 1. The lowest BCUT2D eigenvalue weighted by Crippen LogP contribution is -2.54. The zero-order valence-electron chi connectivity index (χ0n) is 18.6. The fraction of sp³-hybridized carbons (Fsp3) is 0.348. The Kier molecular flexibility index (Phi) is 6.62. The Balaban J connectivity index is 1.87. The van der Waals surface area contributed by atoms with Gasteiger partial charge in [0.05, 0.1) is 6.54 Å². The third-order valence-corrected chi connectivity index (χ3v) is 5.88. The van der Waals surface area contributed by atoms with Gasteiger partial charge >= 0.3 is 0 Å². The number of halogens is 3. The van der Waals surface area contributed by atoms with Gasteiger partial charge in [-0.2, -0.15) is 0 Å². The molecule has 2 aromatic heterocycles. The molecule has 1 aliphatic rings.